The third kappa shape index (κ3) is 9.12. The molecule has 170 valence electrons. The highest BCUT2D eigenvalue weighted by Gasteiger charge is 2.20. The Morgan fingerprint density at radius 2 is 2.16 bits per heavy atom. The predicted molar refractivity (Wildman–Crippen MR) is 122 cm³/mol. The number of rotatable bonds is 14. The summed E-state index contributed by atoms with van der Waals surface area (Å²) in [5.74, 6) is 0.451. The highest BCUT2D eigenvalue weighted by molar-refractivity contribution is 7.99. The molecule has 0 N–H and O–H groups in total. The van der Waals surface area contributed by atoms with Gasteiger partial charge >= 0.3 is 11.8 Å². The number of unbranched alkanes of at least 4 members (excludes halogenated alkanes) is 1. The molecule has 0 radical (unpaired) electrons. The maximum Gasteiger partial charge on any atom is 0.407 e. The number of ether oxygens (including phenoxy) is 2. The second-order valence-electron chi connectivity index (χ2n) is 7.47. The van der Waals surface area contributed by atoms with Gasteiger partial charge in [-0.1, -0.05) is 63.1 Å². The quantitative estimate of drug-likeness (QED) is 0.152. The monoisotopic (exact) mass is 448 g/mol. The Morgan fingerprint density at radius 1 is 1.32 bits per heavy atom. The van der Waals surface area contributed by atoms with Gasteiger partial charge in [-0.25, -0.2) is 0 Å². The van der Waals surface area contributed by atoms with E-state index in [1.165, 1.54) is 11.8 Å². The molecule has 31 heavy (non-hydrogen) atoms. The first kappa shape index (κ1) is 24.9. The number of hydrogen-bond acceptors (Lipinski definition) is 7. The molecule has 0 saturated heterocycles. The first-order chi connectivity index (χ1) is 15.0. The molecule has 1 heterocycles. The van der Waals surface area contributed by atoms with Crippen LogP contribution >= 0.6 is 11.8 Å². The van der Waals surface area contributed by atoms with Gasteiger partial charge in [0, 0.05) is 11.8 Å². The summed E-state index contributed by atoms with van der Waals surface area (Å²) < 4.78 is 11.0. The molecule has 1 aliphatic rings. The molecule has 1 aliphatic carbocycles. The van der Waals surface area contributed by atoms with Crippen LogP contribution in [0.2, 0.25) is 0 Å². The number of carbonyl (C=O) groups excluding carboxylic acids is 1. The fraction of sp³-hybridized carbons (Fsp3) is 0.565. The molecular formula is C23H32N2O5S. The van der Waals surface area contributed by atoms with E-state index in [1.807, 2.05) is 6.08 Å². The second-order valence-corrected chi connectivity index (χ2v) is 8.59. The predicted octanol–water partition coefficient (Wildman–Crippen LogP) is 5.89. The molecule has 0 aromatic carbocycles. The number of allylic oxidation sites excluding steroid dienone is 2. The van der Waals surface area contributed by atoms with Crippen LogP contribution in [0.4, 0.5) is 5.82 Å². The van der Waals surface area contributed by atoms with Gasteiger partial charge < -0.3 is 19.6 Å². The van der Waals surface area contributed by atoms with Gasteiger partial charge in [0.15, 0.2) is 0 Å². The van der Waals surface area contributed by atoms with Gasteiger partial charge in [-0.3, -0.25) is 4.79 Å². The minimum absolute atomic E-state index is 0.145. The molecule has 0 aliphatic heterocycles. The van der Waals surface area contributed by atoms with Gasteiger partial charge in [-0.15, -0.1) is 0 Å². The second kappa shape index (κ2) is 13.9. The van der Waals surface area contributed by atoms with Gasteiger partial charge in [0.25, 0.3) is 0 Å². The molecular weight excluding hydrogens is 416 g/mol. The van der Waals surface area contributed by atoms with Crippen LogP contribution in [-0.2, 0) is 9.53 Å². The topological polar surface area (TPSA) is 91.6 Å². The Kier molecular flexibility index (Phi) is 11.1. The van der Waals surface area contributed by atoms with E-state index in [0.717, 1.165) is 44.1 Å². The van der Waals surface area contributed by atoms with Crippen molar-refractivity contribution in [2.24, 2.45) is 5.92 Å². The van der Waals surface area contributed by atoms with Crippen molar-refractivity contribution < 1.29 is 19.2 Å². The first-order valence-corrected chi connectivity index (χ1v) is 11.9. The van der Waals surface area contributed by atoms with Gasteiger partial charge in [-0.05, 0) is 46.7 Å². The summed E-state index contributed by atoms with van der Waals surface area (Å²) in [6.45, 7) is 4.99. The zero-order valence-corrected chi connectivity index (χ0v) is 19.2. The number of nitrogens with zero attached hydrogens (tertiary/aromatic N) is 2. The summed E-state index contributed by atoms with van der Waals surface area (Å²) in [7, 11) is 0. The fourth-order valence-corrected chi connectivity index (χ4v) is 3.89. The third-order valence-corrected chi connectivity index (χ3v) is 5.96. The van der Waals surface area contributed by atoms with E-state index in [9.17, 15) is 14.9 Å². The Bertz CT molecular complexity index is 794. The molecule has 1 aromatic rings. The molecule has 7 nitrogen and oxygen atoms in total. The SMILES string of the molecule is CCCCC(CC)COC(=O)CCSc1ccc(OCC2=CCCC=C2)c([N+](=O)[O-])n1. The Morgan fingerprint density at radius 3 is 2.84 bits per heavy atom. The summed E-state index contributed by atoms with van der Waals surface area (Å²) in [5.41, 5.74) is 0.998. The Balaban J connectivity index is 1.81. The highest BCUT2D eigenvalue weighted by atomic mass is 32.2. The normalized spacial score (nSPS) is 14.1. The maximum atomic E-state index is 12.0. The van der Waals surface area contributed by atoms with Crippen LogP contribution < -0.4 is 4.74 Å². The van der Waals surface area contributed by atoms with E-state index in [-0.39, 0.29) is 30.6 Å². The molecule has 8 heteroatoms. The van der Waals surface area contributed by atoms with Gasteiger partial charge in [-0.2, -0.15) is 0 Å². The van der Waals surface area contributed by atoms with Crippen molar-refractivity contribution in [2.75, 3.05) is 19.0 Å². The van der Waals surface area contributed by atoms with E-state index in [2.05, 4.69) is 31.0 Å². The van der Waals surface area contributed by atoms with Crippen LogP contribution in [0.25, 0.3) is 0 Å². The van der Waals surface area contributed by atoms with Crippen LogP contribution in [0.15, 0.2) is 41.0 Å². The minimum Gasteiger partial charge on any atom is -0.481 e. The van der Waals surface area contributed by atoms with Crippen molar-refractivity contribution in [3.8, 4) is 5.75 Å². The molecule has 0 saturated carbocycles. The van der Waals surface area contributed by atoms with Crippen LogP contribution in [0.5, 0.6) is 5.75 Å². The van der Waals surface area contributed by atoms with E-state index in [4.69, 9.17) is 9.47 Å². The van der Waals surface area contributed by atoms with Gasteiger partial charge in [0.2, 0.25) is 10.8 Å². The summed E-state index contributed by atoms with van der Waals surface area (Å²) in [4.78, 5) is 27.0. The fourth-order valence-electron chi connectivity index (χ4n) is 3.10. The van der Waals surface area contributed by atoms with Gasteiger partial charge in [0.1, 0.15) is 6.61 Å². The molecule has 1 aromatic heterocycles. The molecule has 0 spiro atoms. The van der Waals surface area contributed by atoms with Gasteiger partial charge in [0.05, 0.1) is 13.0 Å². The lowest BCUT2D eigenvalue weighted by atomic mass is 10.0. The lowest BCUT2D eigenvalue weighted by Gasteiger charge is -2.14. The van der Waals surface area contributed by atoms with E-state index in [0.29, 0.717) is 23.3 Å². The molecule has 0 fully saturated rings. The lowest BCUT2D eigenvalue weighted by molar-refractivity contribution is -0.391. The van der Waals surface area contributed by atoms with Crippen LogP contribution in [0.3, 0.4) is 0 Å². The Labute approximate surface area is 188 Å². The number of nitro groups is 1. The molecule has 1 unspecified atom stereocenters. The molecule has 0 bridgehead atoms. The maximum absolute atomic E-state index is 12.0. The zero-order chi connectivity index (χ0) is 22.5. The minimum atomic E-state index is -0.542. The van der Waals surface area contributed by atoms with E-state index < -0.39 is 4.92 Å². The standard InChI is InChI=1S/C23H32N2O5S/c1-3-5-9-18(4-2)16-30-22(26)14-15-31-21-13-12-20(23(24-21)25(27)28)29-17-19-10-7-6-8-11-19/h7,10-13,18H,3-6,8-9,14-17H2,1-2H3. The summed E-state index contributed by atoms with van der Waals surface area (Å²) >= 11 is 1.29. The van der Waals surface area contributed by atoms with Crippen LogP contribution in [0.1, 0.15) is 58.8 Å². The zero-order valence-electron chi connectivity index (χ0n) is 18.4. The van der Waals surface area contributed by atoms with E-state index in [1.54, 1.807) is 12.1 Å². The van der Waals surface area contributed by atoms with Crippen molar-refractivity contribution in [3.05, 3.63) is 46.0 Å². The van der Waals surface area contributed by atoms with Crippen molar-refractivity contribution in [1.29, 1.82) is 0 Å². The first-order valence-electron chi connectivity index (χ1n) is 11.0. The van der Waals surface area contributed by atoms with E-state index >= 15 is 0 Å². The summed E-state index contributed by atoms with van der Waals surface area (Å²) in [6, 6.07) is 3.25. The summed E-state index contributed by atoms with van der Waals surface area (Å²) in [5, 5.41) is 11.9. The number of carbonyl (C=O) groups is 1. The highest BCUT2D eigenvalue weighted by Crippen LogP contribution is 2.29. The number of esters is 1. The lowest BCUT2D eigenvalue weighted by Crippen LogP contribution is -2.14. The number of thioether (sulfide) groups is 1. The smallest absolute Gasteiger partial charge is 0.407 e. The van der Waals surface area contributed by atoms with Crippen molar-refractivity contribution in [3.63, 3.8) is 0 Å². The third-order valence-electron chi connectivity index (χ3n) is 5.03. The van der Waals surface area contributed by atoms with Crippen LogP contribution in [0, 0.1) is 16.0 Å². The van der Waals surface area contributed by atoms with Crippen molar-refractivity contribution in [2.45, 2.75) is 63.8 Å². The molecule has 2 rings (SSSR count). The average molecular weight is 449 g/mol. The van der Waals surface area contributed by atoms with Crippen molar-refractivity contribution in [1.82, 2.24) is 4.98 Å². The number of aromatic nitrogens is 1. The molecule has 0 amide bonds. The number of pyridine rings is 1. The van der Waals surface area contributed by atoms with Crippen LogP contribution in [-0.4, -0.2) is 34.8 Å². The number of hydrogen-bond donors (Lipinski definition) is 0. The molecule has 1 atom stereocenters. The average Bonchev–Trinajstić information content (AvgIpc) is 2.78. The largest absolute Gasteiger partial charge is 0.481 e. The summed E-state index contributed by atoms with van der Waals surface area (Å²) in [6.07, 6.45) is 12.6. The Hall–Kier alpha value is -2.35. The van der Waals surface area contributed by atoms with Crippen molar-refractivity contribution >= 4 is 23.5 Å².